The number of ether oxygens (including phenoxy) is 1. The second kappa shape index (κ2) is 7.60. The summed E-state index contributed by atoms with van der Waals surface area (Å²) >= 11 is 0. The molecule has 0 unspecified atom stereocenters. The Kier molecular flexibility index (Phi) is 5.44. The second-order valence-electron chi connectivity index (χ2n) is 5.94. The Morgan fingerprint density at radius 1 is 1.27 bits per heavy atom. The van der Waals surface area contributed by atoms with Crippen molar-refractivity contribution in [1.29, 1.82) is 0 Å². The van der Waals surface area contributed by atoms with Crippen molar-refractivity contribution in [3.63, 3.8) is 0 Å². The first-order chi connectivity index (χ1) is 12.4. The smallest absolute Gasteiger partial charge is 0.287 e. The average Bonchev–Trinajstić information content (AvgIpc) is 3.25. The molecule has 1 aliphatic heterocycles. The molecule has 1 fully saturated rings. The first-order valence-electron chi connectivity index (χ1n) is 8.27. The zero-order valence-electron chi connectivity index (χ0n) is 14.6. The van der Waals surface area contributed by atoms with E-state index >= 15 is 0 Å². The van der Waals surface area contributed by atoms with Crippen LogP contribution >= 0.6 is 0 Å². The van der Waals surface area contributed by atoms with Crippen molar-refractivity contribution >= 4 is 15.9 Å². The quantitative estimate of drug-likeness (QED) is 0.787. The van der Waals surface area contributed by atoms with Gasteiger partial charge in [0.15, 0.2) is 5.76 Å². The van der Waals surface area contributed by atoms with E-state index in [4.69, 9.17) is 13.7 Å². The van der Waals surface area contributed by atoms with Gasteiger partial charge in [-0.15, -0.1) is 0 Å². The first-order valence-corrected chi connectivity index (χ1v) is 9.71. The number of aromatic nitrogens is 1. The summed E-state index contributed by atoms with van der Waals surface area (Å²) < 4.78 is 41.8. The Balaban J connectivity index is 1.61. The van der Waals surface area contributed by atoms with Crippen molar-refractivity contribution in [1.82, 2.24) is 14.8 Å². The minimum absolute atomic E-state index is 0.0457. The summed E-state index contributed by atoms with van der Waals surface area (Å²) in [6.45, 7) is 5.22. The van der Waals surface area contributed by atoms with Gasteiger partial charge < -0.3 is 19.0 Å². The number of carbonyl (C=O) groups is 1. The molecule has 0 bridgehead atoms. The number of nitrogens with one attached hydrogen (secondary N) is 1. The molecule has 1 amide bonds. The number of nitrogens with zero attached hydrogens (tertiary/aromatic N) is 2. The molecule has 0 aromatic carbocycles. The topological polar surface area (TPSA) is 115 Å². The van der Waals surface area contributed by atoms with Gasteiger partial charge in [0.05, 0.1) is 18.9 Å². The largest absolute Gasteiger partial charge is 0.438 e. The Bertz CT molecular complexity index is 860. The number of morpholine rings is 1. The molecule has 2 aromatic heterocycles. The van der Waals surface area contributed by atoms with Crippen molar-refractivity contribution in [3.05, 3.63) is 34.9 Å². The monoisotopic (exact) mass is 383 g/mol. The highest BCUT2D eigenvalue weighted by atomic mass is 32.2. The van der Waals surface area contributed by atoms with Crippen LogP contribution in [0.5, 0.6) is 0 Å². The van der Waals surface area contributed by atoms with Gasteiger partial charge in [-0.1, -0.05) is 5.16 Å². The highest BCUT2D eigenvalue weighted by Gasteiger charge is 2.30. The van der Waals surface area contributed by atoms with Gasteiger partial charge in [0, 0.05) is 25.2 Å². The third-order valence-corrected chi connectivity index (χ3v) is 5.98. The fourth-order valence-electron chi connectivity index (χ4n) is 2.74. The Hall–Kier alpha value is -2.17. The van der Waals surface area contributed by atoms with Crippen molar-refractivity contribution < 1.29 is 26.9 Å². The SMILES string of the molecule is Cc1noc(C)c1CCNC(=O)c1ccc(S(=O)(=O)N2CCOCC2)o1. The van der Waals surface area contributed by atoms with Crippen LogP contribution in [0.15, 0.2) is 26.2 Å². The zero-order chi connectivity index (χ0) is 18.7. The van der Waals surface area contributed by atoms with Gasteiger partial charge in [0.2, 0.25) is 5.09 Å². The predicted octanol–water partition coefficient (Wildman–Crippen LogP) is 0.878. The number of sulfonamides is 1. The summed E-state index contributed by atoms with van der Waals surface area (Å²) in [4.78, 5) is 12.2. The number of carbonyl (C=O) groups excluding carboxylic acids is 1. The van der Waals surface area contributed by atoms with E-state index in [-0.39, 0.29) is 23.9 Å². The fourth-order valence-corrected chi connectivity index (χ4v) is 4.06. The summed E-state index contributed by atoms with van der Waals surface area (Å²) in [5.74, 6) is 0.199. The van der Waals surface area contributed by atoms with Crippen LogP contribution in [-0.4, -0.2) is 56.6 Å². The van der Waals surface area contributed by atoms with Crippen molar-refractivity contribution in [2.45, 2.75) is 25.4 Å². The normalized spacial score (nSPS) is 15.9. The van der Waals surface area contributed by atoms with Crippen LogP contribution in [0.4, 0.5) is 0 Å². The lowest BCUT2D eigenvalue weighted by Gasteiger charge is -2.24. The summed E-state index contributed by atoms with van der Waals surface area (Å²) in [6.07, 6.45) is 0.562. The molecular formula is C16H21N3O6S. The van der Waals surface area contributed by atoms with Crippen LogP contribution in [0, 0.1) is 13.8 Å². The molecule has 0 radical (unpaired) electrons. The molecule has 26 heavy (non-hydrogen) atoms. The number of amides is 1. The van der Waals surface area contributed by atoms with E-state index in [0.29, 0.717) is 31.9 Å². The molecule has 0 spiro atoms. The Morgan fingerprint density at radius 3 is 2.65 bits per heavy atom. The average molecular weight is 383 g/mol. The first kappa shape index (κ1) is 18.6. The van der Waals surface area contributed by atoms with Gasteiger partial charge in [-0.25, -0.2) is 8.42 Å². The molecule has 142 valence electrons. The standard InChI is InChI=1S/C16H21N3O6S/c1-11-13(12(2)25-18-11)5-6-17-16(20)14-3-4-15(24-14)26(21,22)19-7-9-23-10-8-19/h3-4H,5-10H2,1-2H3,(H,17,20). The highest BCUT2D eigenvalue weighted by Crippen LogP contribution is 2.20. The van der Waals surface area contributed by atoms with E-state index in [2.05, 4.69) is 10.5 Å². The van der Waals surface area contributed by atoms with Gasteiger partial charge in [-0.2, -0.15) is 4.31 Å². The number of hydrogen-bond donors (Lipinski definition) is 1. The van der Waals surface area contributed by atoms with E-state index in [1.807, 2.05) is 13.8 Å². The zero-order valence-corrected chi connectivity index (χ0v) is 15.5. The summed E-state index contributed by atoms with van der Waals surface area (Å²) in [5.41, 5.74) is 1.73. The number of furan rings is 1. The van der Waals surface area contributed by atoms with Crippen LogP contribution < -0.4 is 5.32 Å². The van der Waals surface area contributed by atoms with Crippen molar-refractivity contribution in [2.24, 2.45) is 0 Å². The molecule has 0 saturated carbocycles. The van der Waals surface area contributed by atoms with Crippen LogP contribution in [0.25, 0.3) is 0 Å². The molecule has 1 N–H and O–H groups in total. The van der Waals surface area contributed by atoms with Gasteiger partial charge in [-0.05, 0) is 32.4 Å². The maximum Gasteiger partial charge on any atom is 0.287 e. The molecule has 1 aliphatic rings. The summed E-state index contributed by atoms with van der Waals surface area (Å²) in [6, 6.07) is 2.66. The predicted molar refractivity (Wildman–Crippen MR) is 90.3 cm³/mol. The maximum absolute atomic E-state index is 12.5. The molecule has 9 nitrogen and oxygen atoms in total. The molecular weight excluding hydrogens is 362 g/mol. The van der Waals surface area contributed by atoms with E-state index in [0.717, 1.165) is 11.3 Å². The van der Waals surface area contributed by atoms with E-state index in [1.165, 1.54) is 16.4 Å². The minimum atomic E-state index is -3.76. The van der Waals surface area contributed by atoms with Crippen molar-refractivity contribution in [2.75, 3.05) is 32.8 Å². The summed E-state index contributed by atoms with van der Waals surface area (Å²) in [7, 11) is -3.76. The van der Waals surface area contributed by atoms with Gasteiger partial charge in [0.1, 0.15) is 5.76 Å². The molecule has 0 atom stereocenters. The summed E-state index contributed by atoms with van der Waals surface area (Å²) in [5, 5.41) is 6.33. The van der Waals surface area contributed by atoms with Gasteiger partial charge in [-0.3, -0.25) is 4.79 Å². The van der Waals surface area contributed by atoms with Crippen molar-refractivity contribution in [3.8, 4) is 0 Å². The number of aryl methyl sites for hydroxylation is 2. The Morgan fingerprint density at radius 2 is 2.00 bits per heavy atom. The van der Waals surface area contributed by atoms with Gasteiger partial charge >= 0.3 is 0 Å². The molecule has 10 heteroatoms. The van der Waals surface area contributed by atoms with Crippen LogP contribution in [0.1, 0.15) is 27.6 Å². The van der Waals surface area contributed by atoms with E-state index in [1.54, 1.807) is 0 Å². The third-order valence-electron chi connectivity index (χ3n) is 4.21. The lowest BCUT2D eigenvalue weighted by Crippen LogP contribution is -2.40. The molecule has 1 saturated heterocycles. The third kappa shape index (κ3) is 3.81. The fraction of sp³-hybridized carbons (Fsp3) is 0.500. The van der Waals surface area contributed by atoms with Crippen LogP contribution in [0.2, 0.25) is 0 Å². The number of rotatable bonds is 6. The molecule has 3 heterocycles. The second-order valence-corrected chi connectivity index (χ2v) is 7.81. The highest BCUT2D eigenvalue weighted by molar-refractivity contribution is 7.89. The van der Waals surface area contributed by atoms with Gasteiger partial charge in [0.25, 0.3) is 15.9 Å². The minimum Gasteiger partial charge on any atom is -0.438 e. The lowest BCUT2D eigenvalue weighted by atomic mass is 10.1. The van der Waals surface area contributed by atoms with E-state index < -0.39 is 15.9 Å². The molecule has 2 aromatic rings. The van der Waals surface area contributed by atoms with Crippen LogP contribution in [0.3, 0.4) is 0 Å². The van der Waals surface area contributed by atoms with E-state index in [9.17, 15) is 13.2 Å². The Labute approximate surface area is 151 Å². The maximum atomic E-state index is 12.5. The molecule has 0 aliphatic carbocycles. The molecule has 3 rings (SSSR count). The van der Waals surface area contributed by atoms with Crippen LogP contribution in [-0.2, 0) is 21.2 Å². The lowest BCUT2D eigenvalue weighted by molar-refractivity contribution is 0.0722. The number of hydrogen-bond acceptors (Lipinski definition) is 7.